The second-order valence-corrected chi connectivity index (χ2v) is 4.98. The zero-order chi connectivity index (χ0) is 14.3. The minimum absolute atomic E-state index is 0.0124. The molecule has 2 fully saturated rings. The van der Waals surface area contributed by atoms with Crippen molar-refractivity contribution in [1.29, 1.82) is 0 Å². The molecular formula is C12H12F3N3O2. The van der Waals surface area contributed by atoms with Gasteiger partial charge in [0, 0.05) is 12.5 Å². The van der Waals surface area contributed by atoms with Crippen LogP contribution in [0.1, 0.15) is 25.0 Å². The van der Waals surface area contributed by atoms with Crippen LogP contribution in [0.25, 0.3) is 0 Å². The summed E-state index contributed by atoms with van der Waals surface area (Å²) in [6.45, 7) is 0. The number of aromatic nitrogens is 2. The van der Waals surface area contributed by atoms with Crippen molar-refractivity contribution in [3.05, 3.63) is 18.1 Å². The number of hydrogen-bond donors (Lipinski definition) is 0. The Morgan fingerprint density at radius 1 is 1.30 bits per heavy atom. The van der Waals surface area contributed by atoms with Crippen LogP contribution in [0.3, 0.4) is 0 Å². The van der Waals surface area contributed by atoms with Crippen molar-refractivity contribution in [2.75, 3.05) is 0 Å². The quantitative estimate of drug-likeness (QED) is 0.793. The van der Waals surface area contributed by atoms with E-state index in [1.807, 2.05) is 0 Å². The fraction of sp³-hybridized carbons (Fsp3) is 0.583. The summed E-state index contributed by atoms with van der Waals surface area (Å²) in [5.41, 5.74) is -1.05. The second-order valence-electron chi connectivity index (χ2n) is 4.98. The highest BCUT2D eigenvalue weighted by molar-refractivity contribution is 5.50. The standard InChI is InChI=1S/C12H12F3N3O2/c13-12(14,15)10-4-17-11(5-16-10)20-9-3-7-1-2-8(9)18(7)6-19/h4-9H,1-3H2. The Balaban J connectivity index is 1.69. The van der Waals surface area contributed by atoms with Crippen molar-refractivity contribution in [2.24, 2.45) is 0 Å². The molecule has 1 aromatic rings. The lowest BCUT2D eigenvalue weighted by molar-refractivity contribution is -0.141. The summed E-state index contributed by atoms with van der Waals surface area (Å²) < 4.78 is 42.6. The van der Waals surface area contributed by atoms with E-state index in [9.17, 15) is 18.0 Å². The maximum absolute atomic E-state index is 12.4. The first-order valence-electron chi connectivity index (χ1n) is 6.27. The summed E-state index contributed by atoms with van der Waals surface area (Å²) in [7, 11) is 0. The number of carbonyl (C=O) groups excluding carboxylic acids is 1. The average Bonchev–Trinajstić information content (AvgIpc) is 2.94. The van der Waals surface area contributed by atoms with E-state index in [2.05, 4.69) is 9.97 Å². The van der Waals surface area contributed by atoms with Crippen LogP contribution in [0.5, 0.6) is 5.88 Å². The summed E-state index contributed by atoms with van der Waals surface area (Å²) in [4.78, 5) is 19.6. The molecule has 0 aliphatic carbocycles. The Hall–Kier alpha value is -1.86. The summed E-state index contributed by atoms with van der Waals surface area (Å²) >= 11 is 0. The molecule has 5 nitrogen and oxygen atoms in total. The average molecular weight is 287 g/mol. The van der Waals surface area contributed by atoms with E-state index in [1.165, 1.54) is 0 Å². The van der Waals surface area contributed by atoms with Crippen molar-refractivity contribution in [2.45, 2.75) is 43.6 Å². The van der Waals surface area contributed by atoms with E-state index in [1.54, 1.807) is 4.90 Å². The molecule has 1 amide bonds. The van der Waals surface area contributed by atoms with Crippen molar-refractivity contribution < 1.29 is 22.7 Å². The predicted octanol–water partition coefficient (Wildman–Crippen LogP) is 1.64. The van der Waals surface area contributed by atoms with Crippen LogP contribution in [0, 0.1) is 0 Å². The van der Waals surface area contributed by atoms with E-state index in [0.717, 1.165) is 25.4 Å². The van der Waals surface area contributed by atoms with Gasteiger partial charge in [0.05, 0.1) is 18.4 Å². The molecular weight excluding hydrogens is 275 g/mol. The van der Waals surface area contributed by atoms with Gasteiger partial charge in [-0.1, -0.05) is 0 Å². The number of alkyl halides is 3. The molecule has 108 valence electrons. The molecule has 2 aliphatic rings. The molecule has 2 bridgehead atoms. The number of ether oxygens (including phenoxy) is 1. The molecule has 3 heterocycles. The number of carbonyl (C=O) groups is 1. The molecule has 0 aromatic carbocycles. The Bertz CT molecular complexity index is 506. The Labute approximate surface area is 112 Å². The number of rotatable bonds is 3. The lowest BCUT2D eigenvalue weighted by Gasteiger charge is -2.21. The van der Waals surface area contributed by atoms with Crippen LogP contribution in [0.2, 0.25) is 0 Å². The molecule has 3 rings (SSSR count). The maximum atomic E-state index is 12.4. The van der Waals surface area contributed by atoms with Gasteiger partial charge in [0.25, 0.3) is 0 Å². The Morgan fingerprint density at radius 3 is 2.65 bits per heavy atom. The largest absolute Gasteiger partial charge is 0.471 e. The molecule has 0 spiro atoms. The molecule has 1 aromatic heterocycles. The minimum Gasteiger partial charge on any atom is -0.471 e. The number of fused-ring (bicyclic) bond motifs is 2. The van der Waals surface area contributed by atoms with Crippen molar-refractivity contribution >= 4 is 6.41 Å². The van der Waals surface area contributed by atoms with Gasteiger partial charge in [0.15, 0.2) is 5.69 Å². The fourth-order valence-corrected chi connectivity index (χ4v) is 2.94. The smallest absolute Gasteiger partial charge is 0.434 e. The van der Waals surface area contributed by atoms with Crippen LogP contribution < -0.4 is 4.74 Å². The third kappa shape index (κ3) is 2.19. The predicted molar refractivity (Wildman–Crippen MR) is 60.8 cm³/mol. The first kappa shape index (κ1) is 13.1. The van der Waals surface area contributed by atoms with Gasteiger partial charge in [-0.15, -0.1) is 0 Å². The molecule has 3 atom stereocenters. The van der Waals surface area contributed by atoms with Crippen molar-refractivity contribution in [1.82, 2.24) is 14.9 Å². The van der Waals surface area contributed by atoms with Gasteiger partial charge in [-0.25, -0.2) is 9.97 Å². The van der Waals surface area contributed by atoms with Crippen molar-refractivity contribution in [3.63, 3.8) is 0 Å². The molecule has 0 saturated carbocycles. The van der Waals surface area contributed by atoms with Gasteiger partial charge >= 0.3 is 6.18 Å². The third-order valence-electron chi connectivity index (χ3n) is 3.85. The SMILES string of the molecule is O=CN1C2CCC1C(Oc1cnc(C(F)(F)F)cn1)C2. The first-order chi connectivity index (χ1) is 9.49. The molecule has 0 radical (unpaired) electrons. The number of hydrogen-bond acceptors (Lipinski definition) is 4. The third-order valence-corrected chi connectivity index (χ3v) is 3.85. The summed E-state index contributed by atoms with van der Waals surface area (Å²) in [5, 5.41) is 0. The molecule has 3 unspecified atom stereocenters. The topological polar surface area (TPSA) is 55.3 Å². The van der Waals surface area contributed by atoms with E-state index >= 15 is 0 Å². The van der Waals surface area contributed by atoms with E-state index in [4.69, 9.17) is 4.74 Å². The highest BCUT2D eigenvalue weighted by Gasteiger charge is 2.47. The molecule has 0 N–H and O–H groups in total. The maximum Gasteiger partial charge on any atom is 0.434 e. The molecule has 2 aliphatic heterocycles. The Kier molecular flexibility index (Phi) is 3.02. The highest BCUT2D eigenvalue weighted by atomic mass is 19.4. The summed E-state index contributed by atoms with van der Waals surface area (Å²) in [6.07, 6.45) is 0.192. The van der Waals surface area contributed by atoms with Gasteiger partial charge in [0.1, 0.15) is 6.10 Å². The Morgan fingerprint density at radius 2 is 2.10 bits per heavy atom. The van der Waals surface area contributed by atoms with Crippen LogP contribution in [0.15, 0.2) is 12.4 Å². The zero-order valence-electron chi connectivity index (χ0n) is 10.4. The normalized spacial score (nSPS) is 28.8. The van der Waals surface area contributed by atoms with Crippen molar-refractivity contribution in [3.8, 4) is 5.88 Å². The van der Waals surface area contributed by atoms with Gasteiger partial charge in [-0.3, -0.25) is 4.79 Å². The zero-order valence-corrected chi connectivity index (χ0v) is 10.4. The number of halogens is 3. The van der Waals surface area contributed by atoms with Crippen LogP contribution in [-0.4, -0.2) is 39.5 Å². The highest BCUT2D eigenvalue weighted by Crippen LogP contribution is 2.38. The van der Waals surface area contributed by atoms with E-state index < -0.39 is 11.9 Å². The van der Waals surface area contributed by atoms with Gasteiger partial charge in [0.2, 0.25) is 12.3 Å². The van der Waals surface area contributed by atoms with Gasteiger partial charge in [-0.2, -0.15) is 13.2 Å². The minimum atomic E-state index is -4.51. The van der Waals surface area contributed by atoms with Crippen LogP contribution >= 0.6 is 0 Å². The molecule has 20 heavy (non-hydrogen) atoms. The molecule has 8 heteroatoms. The monoisotopic (exact) mass is 287 g/mol. The lowest BCUT2D eigenvalue weighted by atomic mass is 9.98. The molecule has 2 saturated heterocycles. The fourth-order valence-electron chi connectivity index (χ4n) is 2.94. The van der Waals surface area contributed by atoms with E-state index in [0.29, 0.717) is 12.6 Å². The number of nitrogens with zero attached hydrogens (tertiary/aromatic N) is 3. The van der Waals surface area contributed by atoms with Crippen LogP contribution in [-0.2, 0) is 11.0 Å². The second kappa shape index (κ2) is 4.60. The van der Waals surface area contributed by atoms with Gasteiger partial charge < -0.3 is 9.64 Å². The summed E-state index contributed by atoms with van der Waals surface area (Å²) in [6, 6.07) is 0.159. The first-order valence-corrected chi connectivity index (χ1v) is 6.27. The summed E-state index contributed by atoms with van der Waals surface area (Å²) in [5.74, 6) is 0.0569. The van der Waals surface area contributed by atoms with E-state index in [-0.39, 0.29) is 24.1 Å². The van der Waals surface area contributed by atoms with Gasteiger partial charge in [-0.05, 0) is 12.8 Å². The number of amides is 1. The lowest BCUT2D eigenvalue weighted by Crippen LogP contribution is -2.34. The van der Waals surface area contributed by atoms with Crippen LogP contribution in [0.4, 0.5) is 13.2 Å².